The van der Waals surface area contributed by atoms with E-state index in [1.807, 2.05) is 0 Å². The average Bonchev–Trinajstić information content (AvgIpc) is 2.14. The number of rotatable bonds is 0. The number of allylic oxidation sites excluding steroid dienone is 1. The second kappa shape index (κ2) is 1.48. The summed E-state index contributed by atoms with van der Waals surface area (Å²) < 4.78 is 0. The summed E-state index contributed by atoms with van der Waals surface area (Å²) in [6, 6.07) is 0. The van der Waals surface area contributed by atoms with Gasteiger partial charge in [0.2, 0.25) is 0 Å². The standard InChI is InChI=1S/C5H3N2/c1-2-5-3-6-7-4-5/h1,3-4H. The van der Waals surface area contributed by atoms with Crippen LogP contribution < -0.4 is 5.43 Å². The third-order valence-corrected chi connectivity index (χ3v) is 0.627. The lowest BCUT2D eigenvalue weighted by Gasteiger charge is -1.68. The average molecular weight is 91.1 g/mol. The van der Waals surface area contributed by atoms with E-state index in [1.165, 1.54) is 0 Å². The summed E-state index contributed by atoms with van der Waals surface area (Å²) in [7, 11) is 0. The van der Waals surface area contributed by atoms with Gasteiger partial charge in [-0.2, -0.15) is 10.5 Å². The zero-order valence-corrected chi connectivity index (χ0v) is 3.63. The maximum absolute atomic E-state index is 4.96. The van der Waals surface area contributed by atoms with Gasteiger partial charge in [-0.1, -0.05) is 5.92 Å². The zero-order chi connectivity index (χ0) is 5.11. The minimum absolute atomic E-state index is 0.736. The Kier molecular flexibility index (Phi) is 0.833. The molecular weight excluding hydrogens is 88.1 g/mol. The molecule has 0 atom stereocenters. The third-order valence-electron chi connectivity index (χ3n) is 0.627. The molecule has 1 aliphatic rings. The molecule has 1 rings (SSSR count). The van der Waals surface area contributed by atoms with Crippen molar-refractivity contribution in [3.05, 3.63) is 11.8 Å². The zero-order valence-electron chi connectivity index (χ0n) is 3.63. The first-order valence-corrected chi connectivity index (χ1v) is 1.83. The Morgan fingerprint density at radius 3 is 2.86 bits per heavy atom. The SMILES string of the molecule is C#CC1=C[N]N=C1. The fourth-order valence-electron chi connectivity index (χ4n) is 0.299. The minimum Gasteiger partial charge on any atom is -0.158 e. The predicted molar refractivity (Wildman–Crippen MR) is 27.5 cm³/mol. The molecule has 0 N–H and O–H groups in total. The fourth-order valence-corrected chi connectivity index (χ4v) is 0.299. The summed E-state index contributed by atoms with van der Waals surface area (Å²) in [4.78, 5) is 0. The summed E-state index contributed by atoms with van der Waals surface area (Å²) in [5.74, 6) is 2.38. The number of terminal acetylenes is 1. The van der Waals surface area contributed by atoms with E-state index in [1.54, 1.807) is 12.4 Å². The molecule has 0 aliphatic carbocycles. The van der Waals surface area contributed by atoms with Crippen LogP contribution in [0.25, 0.3) is 0 Å². The van der Waals surface area contributed by atoms with Crippen LogP contribution in [-0.4, -0.2) is 6.21 Å². The molecule has 0 spiro atoms. The maximum Gasteiger partial charge on any atom is 0.0668 e. The van der Waals surface area contributed by atoms with Crippen LogP contribution in [0.15, 0.2) is 16.9 Å². The monoisotopic (exact) mass is 91.0 g/mol. The summed E-state index contributed by atoms with van der Waals surface area (Å²) in [6.07, 6.45) is 8.05. The van der Waals surface area contributed by atoms with Crippen molar-refractivity contribution in [3.63, 3.8) is 0 Å². The summed E-state index contributed by atoms with van der Waals surface area (Å²) in [6.45, 7) is 0. The largest absolute Gasteiger partial charge is 0.158 e. The number of hydrogen-bond donors (Lipinski definition) is 0. The quantitative estimate of drug-likeness (QED) is 0.378. The molecule has 0 fully saturated rings. The molecule has 0 saturated heterocycles. The highest BCUT2D eigenvalue weighted by molar-refractivity contribution is 5.85. The Hall–Kier alpha value is -1.23. The molecule has 0 aromatic carbocycles. The molecular formula is C5H3N2. The third kappa shape index (κ3) is 0.606. The Balaban J connectivity index is 2.75. The van der Waals surface area contributed by atoms with Crippen molar-refractivity contribution < 1.29 is 0 Å². The lowest BCUT2D eigenvalue weighted by molar-refractivity contribution is 0.975. The van der Waals surface area contributed by atoms with Crippen LogP contribution in [0, 0.1) is 12.3 Å². The normalized spacial score (nSPS) is 15.0. The molecule has 0 aromatic heterocycles. The lowest BCUT2D eigenvalue weighted by atomic mass is 10.3. The minimum atomic E-state index is 0.736. The summed E-state index contributed by atoms with van der Waals surface area (Å²) in [5.41, 5.74) is 4.24. The molecule has 33 valence electrons. The van der Waals surface area contributed by atoms with Gasteiger partial charge in [0.15, 0.2) is 0 Å². The highest BCUT2D eigenvalue weighted by Gasteiger charge is 1.90. The van der Waals surface area contributed by atoms with E-state index in [0.717, 1.165) is 5.57 Å². The van der Waals surface area contributed by atoms with Crippen molar-refractivity contribution in [2.75, 3.05) is 0 Å². The molecule has 0 unspecified atom stereocenters. The Labute approximate surface area is 41.9 Å². The number of hydrogen-bond acceptors (Lipinski definition) is 1. The Morgan fingerprint density at radius 1 is 1.71 bits per heavy atom. The van der Waals surface area contributed by atoms with Crippen LogP contribution in [0.2, 0.25) is 0 Å². The molecule has 2 nitrogen and oxygen atoms in total. The highest BCUT2D eigenvalue weighted by atomic mass is 15.3. The van der Waals surface area contributed by atoms with Gasteiger partial charge < -0.3 is 0 Å². The smallest absolute Gasteiger partial charge is 0.0668 e. The highest BCUT2D eigenvalue weighted by Crippen LogP contribution is 1.90. The van der Waals surface area contributed by atoms with E-state index in [2.05, 4.69) is 16.4 Å². The number of nitrogens with zero attached hydrogens (tertiary/aromatic N) is 2. The Morgan fingerprint density at radius 2 is 2.57 bits per heavy atom. The maximum atomic E-state index is 4.96. The molecule has 0 saturated carbocycles. The lowest BCUT2D eigenvalue weighted by Crippen LogP contribution is -1.71. The second-order valence-electron chi connectivity index (χ2n) is 1.09. The van der Waals surface area contributed by atoms with Crippen molar-refractivity contribution in [1.29, 1.82) is 0 Å². The van der Waals surface area contributed by atoms with Gasteiger partial charge in [-0.05, 0) is 0 Å². The van der Waals surface area contributed by atoms with Gasteiger partial charge in [-0.25, -0.2) is 0 Å². The van der Waals surface area contributed by atoms with E-state index in [9.17, 15) is 0 Å². The van der Waals surface area contributed by atoms with Crippen molar-refractivity contribution in [3.8, 4) is 12.3 Å². The van der Waals surface area contributed by atoms with Crippen LogP contribution in [0.1, 0.15) is 0 Å². The fraction of sp³-hybridized carbons (Fsp3) is 0. The van der Waals surface area contributed by atoms with Crippen LogP contribution in [-0.2, 0) is 0 Å². The van der Waals surface area contributed by atoms with Crippen molar-refractivity contribution >= 4 is 6.21 Å². The van der Waals surface area contributed by atoms with Gasteiger partial charge in [-0.3, -0.25) is 0 Å². The van der Waals surface area contributed by atoms with E-state index < -0.39 is 0 Å². The van der Waals surface area contributed by atoms with Crippen LogP contribution in [0.3, 0.4) is 0 Å². The summed E-state index contributed by atoms with van der Waals surface area (Å²) >= 11 is 0. The molecule has 2 heteroatoms. The molecule has 7 heavy (non-hydrogen) atoms. The van der Waals surface area contributed by atoms with Crippen molar-refractivity contribution in [1.82, 2.24) is 5.43 Å². The van der Waals surface area contributed by atoms with E-state index in [-0.39, 0.29) is 0 Å². The first-order chi connectivity index (χ1) is 3.43. The molecule has 0 amide bonds. The van der Waals surface area contributed by atoms with Gasteiger partial charge in [0, 0.05) is 0 Å². The van der Waals surface area contributed by atoms with Gasteiger partial charge in [-0.15, -0.1) is 6.42 Å². The predicted octanol–water partition coefficient (Wildman–Crippen LogP) is 0.107. The van der Waals surface area contributed by atoms with Crippen LogP contribution in [0.4, 0.5) is 0 Å². The molecule has 1 heterocycles. The van der Waals surface area contributed by atoms with E-state index >= 15 is 0 Å². The van der Waals surface area contributed by atoms with E-state index in [0.29, 0.717) is 0 Å². The van der Waals surface area contributed by atoms with Gasteiger partial charge in [0.1, 0.15) is 0 Å². The van der Waals surface area contributed by atoms with Gasteiger partial charge >= 0.3 is 0 Å². The second-order valence-corrected chi connectivity index (χ2v) is 1.09. The Bertz CT molecular complexity index is 159. The van der Waals surface area contributed by atoms with Crippen LogP contribution in [0.5, 0.6) is 0 Å². The first kappa shape index (κ1) is 3.94. The molecule has 1 aliphatic heterocycles. The van der Waals surface area contributed by atoms with Crippen molar-refractivity contribution in [2.45, 2.75) is 0 Å². The van der Waals surface area contributed by atoms with Crippen LogP contribution >= 0.6 is 0 Å². The first-order valence-electron chi connectivity index (χ1n) is 1.83. The molecule has 1 radical (unpaired) electrons. The van der Waals surface area contributed by atoms with Gasteiger partial charge in [0.05, 0.1) is 18.0 Å². The summed E-state index contributed by atoms with van der Waals surface area (Å²) in [5, 5.41) is 3.50. The van der Waals surface area contributed by atoms with E-state index in [4.69, 9.17) is 6.42 Å². The molecule has 0 aromatic rings. The van der Waals surface area contributed by atoms with Crippen molar-refractivity contribution in [2.24, 2.45) is 5.10 Å². The van der Waals surface area contributed by atoms with Gasteiger partial charge in [0.25, 0.3) is 0 Å². The topological polar surface area (TPSA) is 26.5 Å². The molecule has 0 bridgehead atoms.